The Kier molecular flexibility index (Phi) is 3.53. The maximum Gasteiger partial charge on any atom is 0.0665 e. The molecule has 0 spiro atoms. The van der Waals surface area contributed by atoms with Crippen molar-refractivity contribution in [1.82, 2.24) is 9.78 Å². The molecule has 0 atom stereocenters. The minimum Gasteiger partial charge on any atom is -0.326 e. The van der Waals surface area contributed by atoms with Gasteiger partial charge in [-0.3, -0.25) is 4.68 Å². The zero-order valence-corrected chi connectivity index (χ0v) is 11.6. The van der Waals surface area contributed by atoms with E-state index in [1.807, 2.05) is 0 Å². The quantitative estimate of drug-likeness (QED) is 0.900. The van der Waals surface area contributed by atoms with Crippen LogP contribution in [-0.4, -0.2) is 9.78 Å². The summed E-state index contributed by atoms with van der Waals surface area (Å²) in [5.41, 5.74) is 13.1. The molecule has 0 fully saturated rings. The van der Waals surface area contributed by atoms with Crippen molar-refractivity contribution in [2.24, 2.45) is 5.73 Å². The van der Waals surface area contributed by atoms with Crippen LogP contribution in [0.2, 0.25) is 0 Å². The van der Waals surface area contributed by atoms with E-state index in [2.05, 4.69) is 55.7 Å². The van der Waals surface area contributed by atoms with Crippen molar-refractivity contribution in [2.75, 3.05) is 0 Å². The number of nitrogens with two attached hydrogens (primary N) is 1. The Hall–Kier alpha value is -1.61. The van der Waals surface area contributed by atoms with Gasteiger partial charge in [-0.1, -0.05) is 18.2 Å². The van der Waals surface area contributed by atoms with Gasteiger partial charge in [0.2, 0.25) is 0 Å². The molecule has 0 radical (unpaired) electrons. The van der Waals surface area contributed by atoms with E-state index in [0.29, 0.717) is 6.54 Å². The number of hydrogen-bond acceptors (Lipinski definition) is 2. The summed E-state index contributed by atoms with van der Waals surface area (Å²) in [5.74, 6) is 0. The van der Waals surface area contributed by atoms with Crippen molar-refractivity contribution >= 4 is 0 Å². The first-order valence-electron chi connectivity index (χ1n) is 6.32. The number of benzene rings is 1. The number of nitrogens with zero attached hydrogens (tertiary/aromatic N) is 2. The molecular weight excluding hydrogens is 222 g/mol. The molecule has 18 heavy (non-hydrogen) atoms. The van der Waals surface area contributed by atoms with Gasteiger partial charge in [0.1, 0.15) is 0 Å². The van der Waals surface area contributed by atoms with E-state index in [-0.39, 0.29) is 0 Å². The monoisotopic (exact) mass is 243 g/mol. The topological polar surface area (TPSA) is 43.8 Å². The van der Waals surface area contributed by atoms with Crippen molar-refractivity contribution in [2.45, 2.75) is 40.8 Å². The molecule has 3 nitrogen and oxygen atoms in total. The number of rotatable bonds is 3. The lowest BCUT2D eigenvalue weighted by molar-refractivity contribution is 0.656. The van der Waals surface area contributed by atoms with E-state index in [0.717, 1.165) is 12.2 Å². The van der Waals surface area contributed by atoms with Gasteiger partial charge in [-0.05, 0) is 49.9 Å². The fourth-order valence-electron chi connectivity index (χ4n) is 2.16. The lowest BCUT2D eigenvalue weighted by Crippen LogP contribution is -2.06. The van der Waals surface area contributed by atoms with Crippen LogP contribution in [0.4, 0.5) is 0 Å². The summed E-state index contributed by atoms with van der Waals surface area (Å²) >= 11 is 0. The fourth-order valence-corrected chi connectivity index (χ4v) is 2.16. The second-order valence-corrected chi connectivity index (χ2v) is 4.92. The highest BCUT2D eigenvalue weighted by atomic mass is 15.3. The van der Waals surface area contributed by atoms with Crippen molar-refractivity contribution in [3.63, 3.8) is 0 Å². The third kappa shape index (κ3) is 2.31. The zero-order chi connectivity index (χ0) is 13.3. The lowest BCUT2D eigenvalue weighted by Gasteiger charge is -2.09. The van der Waals surface area contributed by atoms with Gasteiger partial charge >= 0.3 is 0 Å². The van der Waals surface area contributed by atoms with Crippen LogP contribution in [0.1, 0.15) is 33.6 Å². The fraction of sp³-hybridized carbons (Fsp3) is 0.400. The summed E-state index contributed by atoms with van der Waals surface area (Å²) in [6, 6.07) is 6.41. The van der Waals surface area contributed by atoms with Crippen LogP contribution in [0.5, 0.6) is 0 Å². The Balaban J connectivity index is 2.31. The minimum atomic E-state index is 0.597. The Bertz CT molecular complexity index is 567. The van der Waals surface area contributed by atoms with Crippen LogP contribution < -0.4 is 5.73 Å². The van der Waals surface area contributed by atoms with Gasteiger partial charge in [0, 0.05) is 12.2 Å². The lowest BCUT2D eigenvalue weighted by atomic mass is 10.1. The normalized spacial score (nSPS) is 10.9. The van der Waals surface area contributed by atoms with Crippen molar-refractivity contribution in [3.8, 4) is 0 Å². The third-order valence-electron chi connectivity index (χ3n) is 3.71. The maximum absolute atomic E-state index is 5.65. The standard InChI is InChI=1S/C15H21N3/c1-10-7-14(8-16)5-6-15(10)9-18-13(4)11(2)12(3)17-18/h5-7H,8-9,16H2,1-4H3. The first-order valence-corrected chi connectivity index (χ1v) is 6.32. The second kappa shape index (κ2) is 4.94. The highest BCUT2D eigenvalue weighted by Crippen LogP contribution is 2.16. The van der Waals surface area contributed by atoms with E-state index in [4.69, 9.17) is 5.73 Å². The molecule has 2 N–H and O–H groups in total. The average molecular weight is 243 g/mol. The van der Waals surface area contributed by atoms with E-state index in [1.165, 1.54) is 27.9 Å². The molecule has 96 valence electrons. The summed E-state index contributed by atoms with van der Waals surface area (Å²) in [6.07, 6.45) is 0. The molecule has 0 aliphatic heterocycles. The summed E-state index contributed by atoms with van der Waals surface area (Å²) in [6.45, 7) is 9.87. The van der Waals surface area contributed by atoms with Gasteiger partial charge in [0.25, 0.3) is 0 Å². The molecule has 1 aromatic carbocycles. The molecule has 0 bridgehead atoms. The van der Waals surface area contributed by atoms with Crippen LogP contribution in [0.15, 0.2) is 18.2 Å². The van der Waals surface area contributed by atoms with Crippen molar-refractivity contribution in [3.05, 3.63) is 51.8 Å². The molecule has 2 rings (SSSR count). The summed E-state index contributed by atoms with van der Waals surface area (Å²) in [7, 11) is 0. The van der Waals surface area contributed by atoms with Gasteiger partial charge in [-0.15, -0.1) is 0 Å². The Labute approximate surface area is 109 Å². The smallest absolute Gasteiger partial charge is 0.0665 e. The molecule has 1 heterocycles. The molecule has 0 aliphatic carbocycles. The third-order valence-corrected chi connectivity index (χ3v) is 3.71. The van der Waals surface area contributed by atoms with Gasteiger partial charge in [0.15, 0.2) is 0 Å². The molecule has 0 aliphatic rings. The number of aryl methyl sites for hydroxylation is 2. The van der Waals surface area contributed by atoms with Gasteiger partial charge < -0.3 is 5.73 Å². The van der Waals surface area contributed by atoms with Gasteiger partial charge in [-0.25, -0.2) is 0 Å². The van der Waals surface area contributed by atoms with Crippen LogP contribution in [0.3, 0.4) is 0 Å². The average Bonchev–Trinajstić information content (AvgIpc) is 2.59. The van der Waals surface area contributed by atoms with E-state index >= 15 is 0 Å². The first kappa shape index (κ1) is 12.8. The molecule has 0 unspecified atom stereocenters. The molecule has 0 saturated heterocycles. The predicted octanol–water partition coefficient (Wildman–Crippen LogP) is 2.62. The number of hydrogen-bond donors (Lipinski definition) is 1. The second-order valence-electron chi connectivity index (χ2n) is 4.92. The molecule has 3 heteroatoms. The Morgan fingerprint density at radius 2 is 1.89 bits per heavy atom. The maximum atomic E-state index is 5.65. The van der Waals surface area contributed by atoms with Crippen molar-refractivity contribution in [1.29, 1.82) is 0 Å². The summed E-state index contributed by atoms with van der Waals surface area (Å²) in [5, 5.41) is 4.58. The van der Waals surface area contributed by atoms with Crippen LogP contribution in [0, 0.1) is 27.7 Å². The molecule has 1 aromatic heterocycles. The molecule has 2 aromatic rings. The first-order chi connectivity index (χ1) is 8.52. The van der Waals surface area contributed by atoms with Crippen LogP contribution in [-0.2, 0) is 13.1 Å². The van der Waals surface area contributed by atoms with Gasteiger partial charge in [0.05, 0.1) is 12.2 Å². The summed E-state index contributed by atoms with van der Waals surface area (Å²) < 4.78 is 2.08. The minimum absolute atomic E-state index is 0.597. The van der Waals surface area contributed by atoms with Crippen LogP contribution >= 0.6 is 0 Å². The largest absolute Gasteiger partial charge is 0.326 e. The summed E-state index contributed by atoms with van der Waals surface area (Å²) in [4.78, 5) is 0. The van der Waals surface area contributed by atoms with E-state index in [1.54, 1.807) is 0 Å². The van der Waals surface area contributed by atoms with Crippen molar-refractivity contribution < 1.29 is 0 Å². The molecule has 0 amide bonds. The molecule has 0 saturated carbocycles. The SMILES string of the molecule is Cc1cc(CN)ccc1Cn1nc(C)c(C)c1C. The molecular formula is C15H21N3. The zero-order valence-electron chi connectivity index (χ0n) is 11.6. The van der Waals surface area contributed by atoms with E-state index < -0.39 is 0 Å². The van der Waals surface area contributed by atoms with E-state index in [9.17, 15) is 0 Å². The van der Waals surface area contributed by atoms with Gasteiger partial charge in [-0.2, -0.15) is 5.10 Å². The highest BCUT2D eigenvalue weighted by molar-refractivity contribution is 5.32. The Morgan fingerprint density at radius 3 is 2.39 bits per heavy atom. The Morgan fingerprint density at radius 1 is 1.17 bits per heavy atom. The highest BCUT2D eigenvalue weighted by Gasteiger charge is 2.08. The van der Waals surface area contributed by atoms with Crippen LogP contribution in [0.25, 0.3) is 0 Å². The predicted molar refractivity (Wildman–Crippen MR) is 74.6 cm³/mol. The number of aromatic nitrogens is 2.